The number of rotatable bonds is 3. The predicted octanol–water partition coefficient (Wildman–Crippen LogP) is 5.01. The molecule has 0 aliphatic heterocycles. The Morgan fingerprint density at radius 1 is 1.11 bits per heavy atom. The molecule has 5 heteroatoms. The zero-order valence-electron chi connectivity index (χ0n) is 9.29. The molecular formula is C13H10Cl2FNS. The summed E-state index contributed by atoms with van der Waals surface area (Å²) in [6.07, 6.45) is 0. The minimum Gasteiger partial charge on any atom is -0.398 e. The molecule has 0 unspecified atom stereocenters. The summed E-state index contributed by atoms with van der Waals surface area (Å²) >= 11 is 13.4. The van der Waals surface area contributed by atoms with Crippen LogP contribution >= 0.6 is 35.0 Å². The van der Waals surface area contributed by atoms with E-state index in [0.717, 1.165) is 10.5 Å². The number of nitrogen functional groups attached to an aromatic ring is 1. The zero-order chi connectivity index (χ0) is 13.1. The van der Waals surface area contributed by atoms with Crippen LogP contribution in [-0.2, 0) is 5.75 Å². The molecule has 0 spiro atoms. The van der Waals surface area contributed by atoms with E-state index in [1.54, 1.807) is 30.3 Å². The highest BCUT2D eigenvalue weighted by molar-refractivity contribution is 7.98. The molecule has 2 aromatic carbocycles. The second kappa shape index (κ2) is 5.83. The van der Waals surface area contributed by atoms with E-state index in [9.17, 15) is 4.39 Å². The van der Waals surface area contributed by atoms with E-state index >= 15 is 0 Å². The Morgan fingerprint density at radius 3 is 2.56 bits per heavy atom. The van der Waals surface area contributed by atoms with E-state index in [-0.39, 0.29) is 5.02 Å². The lowest BCUT2D eigenvalue weighted by molar-refractivity contribution is 0.627. The van der Waals surface area contributed by atoms with Crippen LogP contribution in [0.15, 0.2) is 41.3 Å². The lowest BCUT2D eigenvalue weighted by atomic mass is 10.2. The summed E-state index contributed by atoms with van der Waals surface area (Å²) in [7, 11) is 0. The molecule has 2 N–H and O–H groups in total. The monoisotopic (exact) mass is 301 g/mol. The average Bonchev–Trinajstić information content (AvgIpc) is 2.33. The zero-order valence-corrected chi connectivity index (χ0v) is 11.6. The minimum absolute atomic E-state index is 0.149. The topological polar surface area (TPSA) is 26.0 Å². The molecule has 0 fully saturated rings. The summed E-state index contributed by atoms with van der Waals surface area (Å²) < 4.78 is 13.3. The van der Waals surface area contributed by atoms with Crippen LogP contribution < -0.4 is 5.73 Å². The van der Waals surface area contributed by atoms with Gasteiger partial charge >= 0.3 is 0 Å². The summed E-state index contributed by atoms with van der Waals surface area (Å²) in [6.45, 7) is 0. The molecule has 0 saturated carbocycles. The third-order valence-electron chi connectivity index (χ3n) is 2.40. The maximum Gasteiger partial charge on any atom is 0.142 e. The standard InChI is InChI=1S/C13H10Cl2FNS/c14-9-4-2-6-11(17)13(9)18-7-8-3-1-5-10(16)12(8)15/h1-6H,7,17H2. The van der Waals surface area contributed by atoms with E-state index in [0.29, 0.717) is 16.5 Å². The maximum absolute atomic E-state index is 13.3. The normalized spacial score (nSPS) is 10.6. The molecule has 0 bridgehead atoms. The molecule has 0 aliphatic rings. The first-order valence-electron chi connectivity index (χ1n) is 5.19. The van der Waals surface area contributed by atoms with Crippen molar-refractivity contribution in [3.63, 3.8) is 0 Å². The van der Waals surface area contributed by atoms with Gasteiger partial charge in [0.2, 0.25) is 0 Å². The Hall–Kier alpha value is -0.900. The van der Waals surface area contributed by atoms with E-state index in [2.05, 4.69) is 0 Å². The van der Waals surface area contributed by atoms with Gasteiger partial charge in [0.25, 0.3) is 0 Å². The molecule has 2 rings (SSSR count). The highest BCUT2D eigenvalue weighted by Gasteiger charge is 2.09. The summed E-state index contributed by atoms with van der Waals surface area (Å²) in [6, 6.07) is 10.1. The van der Waals surface area contributed by atoms with Gasteiger partial charge < -0.3 is 5.73 Å². The first-order valence-corrected chi connectivity index (χ1v) is 6.93. The summed E-state index contributed by atoms with van der Waals surface area (Å²) in [5.74, 6) is 0.103. The number of nitrogens with two attached hydrogens (primary N) is 1. The lowest BCUT2D eigenvalue weighted by Crippen LogP contribution is -1.91. The van der Waals surface area contributed by atoms with Crippen LogP contribution in [0.2, 0.25) is 10.0 Å². The van der Waals surface area contributed by atoms with Crippen LogP contribution in [0.4, 0.5) is 10.1 Å². The van der Waals surface area contributed by atoms with Gasteiger partial charge in [-0.3, -0.25) is 0 Å². The number of halogens is 3. The first kappa shape index (κ1) is 13.5. The quantitative estimate of drug-likeness (QED) is 0.637. The van der Waals surface area contributed by atoms with Crippen LogP contribution in [0, 0.1) is 5.82 Å². The Morgan fingerprint density at radius 2 is 1.83 bits per heavy atom. The van der Waals surface area contributed by atoms with Crippen molar-refractivity contribution in [3.8, 4) is 0 Å². The van der Waals surface area contributed by atoms with Crippen molar-refractivity contribution in [2.45, 2.75) is 10.6 Å². The number of benzene rings is 2. The van der Waals surface area contributed by atoms with Crippen molar-refractivity contribution in [1.82, 2.24) is 0 Å². The molecule has 94 valence electrons. The molecule has 0 aliphatic carbocycles. The van der Waals surface area contributed by atoms with Gasteiger partial charge in [0, 0.05) is 16.3 Å². The fraction of sp³-hybridized carbons (Fsp3) is 0.0769. The molecule has 1 nitrogen and oxygen atoms in total. The molecule has 0 atom stereocenters. The Balaban J connectivity index is 2.19. The van der Waals surface area contributed by atoms with Gasteiger partial charge in [-0.1, -0.05) is 41.4 Å². The summed E-state index contributed by atoms with van der Waals surface area (Å²) in [5.41, 5.74) is 7.18. The van der Waals surface area contributed by atoms with Crippen molar-refractivity contribution in [3.05, 3.63) is 57.8 Å². The van der Waals surface area contributed by atoms with Gasteiger partial charge in [0.05, 0.1) is 10.0 Å². The molecule has 0 heterocycles. The number of thioether (sulfide) groups is 1. The molecule has 2 aromatic rings. The van der Waals surface area contributed by atoms with E-state index < -0.39 is 5.82 Å². The Bertz CT molecular complexity index is 555. The van der Waals surface area contributed by atoms with Crippen LogP contribution in [0.25, 0.3) is 0 Å². The fourth-order valence-electron chi connectivity index (χ4n) is 1.49. The SMILES string of the molecule is Nc1cccc(Cl)c1SCc1cccc(F)c1Cl. The number of anilines is 1. The second-order valence-corrected chi connectivity index (χ2v) is 5.43. The number of hydrogen-bond donors (Lipinski definition) is 1. The van der Waals surface area contributed by atoms with Crippen LogP contribution in [0.5, 0.6) is 0 Å². The van der Waals surface area contributed by atoms with E-state index in [4.69, 9.17) is 28.9 Å². The fourth-order valence-corrected chi connectivity index (χ4v) is 3.09. The maximum atomic E-state index is 13.3. The molecular weight excluding hydrogens is 292 g/mol. The summed E-state index contributed by atoms with van der Waals surface area (Å²) in [4.78, 5) is 0.791. The first-order chi connectivity index (χ1) is 8.59. The van der Waals surface area contributed by atoms with Crippen molar-refractivity contribution in [2.24, 2.45) is 0 Å². The summed E-state index contributed by atoms with van der Waals surface area (Å²) in [5, 5.41) is 0.739. The van der Waals surface area contributed by atoms with E-state index in [1.165, 1.54) is 17.8 Å². The van der Waals surface area contributed by atoms with Gasteiger partial charge in [-0.05, 0) is 23.8 Å². The second-order valence-electron chi connectivity index (χ2n) is 3.66. The third kappa shape index (κ3) is 2.91. The predicted molar refractivity (Wildman–Crippen MR) is 76.8 cm³/mol. The largest absolute Gasteiger partial charge is 0.398 e. The smallest absolute Gasteiger partial charge is 0.142 e. The van der Waals surface area contributed by atoms with Crippen molar-refractivity contribution in [2.75, 3.05) is 5.73 Å². The third-order valence-corrected chi connectivity index (χ3v) is 4.45. The Labute approximate surface area is 119 Å². The number of hydrogen-bond acceptors (Lipinski definition) is 2. The van der Waals surface area contributed by atoms with Crippen LogP contribution in [-0.4, -0.2) is 0 Å². The molecule has 18 heavy (non-hydrogen) atoms. The lowest BCUT2D eigenvalue weighted by Gasteiger charge is -2.08. The van der Waals surface area contributed by atoms with Crippen LogP contribution in [0.1, 0.15) is 5.56 Å². The Kier molecular flexibility index (Phi) is 4.38. The molecule has 0 saturated heterocycles. The van der Waals surface area contributed by atoms with Gasteiger partial charge in [-0.2, -0.15) is 0 Å². The van der Waals surface area contributed by atoms with Crippen LogP contribution in [0.3, 0.4) is 0 Å². The van der Waals surface area contributed by atoms with Gasteiger partial charge in [0.15, 0.2) is 0 Å². The van der Waals surface area contributed by atoms with Gasteiger partial charge in [-0.25, -0.2) is 4.39 Å². The average molecular weight is 302 g/mol. The van der Waals surface area contributed by atoms with Crippen molar-refractivity contribution >= 4 is 40.7 Å². The molecule has 0 radical (unpaired) electrons. The highest BCUT2D eigenvalue weighted by Crippen LogP contribution is 2.35. The van der Waals surface area contributed by atoms with Crippen molar-refractivity contribution in [1.29, 1.82) is 0 Å². The van der Waals surface area contributed by atoms with Crippen molar-refractivity contribution < 1.29 is 4.39 Å². The highest BCUT2D eigenvalue weighted by atomic mass is 35.5. The molecule has 0 amide bonds. The van der Waals surface area contributed by atoms with Gasteiger partial charge in [0.1, 0.15) is 5.82 Å². The minimum atomic E-state index is -0.415. The van der Waals surface area contributed by atoms with E-state index in [1.807, 2.05) is 0 Å². The van der Waals surface area contributed by atoms with Gasteiger partial charge in [-0.15, -0.1) is 11.8 Å². The molecule has 0 aromatic heterocycles.